The van der Waals surface area contributed by atoms with E-state index in [2.05, 4.69) is 37.4 Å². The van der Waals surface area contributed by atoms with E-state index in [9.17, 15) is 14.4 Å². The molecule has 0 radical (unpaired) electrons. The minimum atomic E-state index is -0.791. The van der Waals surface area contributed by atoms with E-state index >= 15 is 0 Å². The summed E-state index contributed by atoms with van der Waals surface area (Å²) in [5.74, 6) is -1.90. The van der Waals surface area contributed by atoms with Crippen molar-refractivity contribution in [1.29, 1.82) is 0 Å². The first-order valence-electron chi connectivity index (χ1n) is 6.08. The number of ether oxygens (including phenoxy) is 2. The summed E-state index contributed by atoms with van der Waals surface area (Å²) in [6.45, 7) is 1.44. The molecule has 0 aliphatic heterocycles. The molecule has 0 aromatic heterocycles. The molecule has 0 atom stereocenters. The normalized spacial score (nSPS) is 10.2. The fraction of sp³-hybridized carbons (Fsp3) is 0.214. The molecule has 21 heavy (non-hydrogen) atoms. The van der Waals surface area contributed by atoms with Crippen molar-refractivity contribution in [2.24, 2.45) is 0 Å². The number of halogens is 1. The highest BCUT2D eigenvalue weighted by atomic mass is 127. The van der Waals surface area contributed by atoms with E-state index < -0.39 is 24.5 Å². The number of esters is 2. The van der Waals surface area contributed by atoms with E-state index in [-0.39, 0.29) is 6.61 Å². The lowest BCUT2D eigenvalue weighted by atomic mass is 10.3. The molecular weight excluding hydrogens is 389 g/mol. The average Bonchev–Trinajstić information content (AvgIpc) is 2.46. The topological polar surface area (TPSA) is 81.7 Å². The molecule has 0 fully saturated rings. The quantitative estimate of drug-likeness (QED) is 0.446. The summed E-state index contributed by atoms with van der Waals surface area (Å²) >= 11 is 2.15. The molecule has 0 saturated carbocycles. The third kappa shape index (κ3) is 7.45. The van der Waals surface area contributed by atoms with Gasteiger partial charge in [-0.25, -0.2) is 9.59 Å². The van der Waals surface area contributed by atoms with Crippen molar-refractivity contribution in [1.82, 2.24) is 0 Å². The number of carbonyl (C=O) groups excluding carboxylic acids is 3. The number of hydrogen-bond donors (Lipinski definition) is 1. The van der Waals surface area contributed by atoms with Gasteiger partial charge < -0.3 is 14.8 Å². The van der Waals surface area contributed by atoms with E-state index in [1.807, 2.05) is 12.1 Å². The Morgan fingerprint density at radius 1 is 1.10 bits per heavy atom. The molecule has 0 bridgehead atoms. The van der Waals surface area contributed by atoms with Crippen molar-refractivity contribution in [2.75, 3.05) is 18.5 Å². The van der Waals surface area contributed by atoms with Crippen LogP contribution in [0, 0.1) is 3.57 Å². The van der Waals surface area contributed by atoms with Gasteiger partial charge in [0.15, 0.2) is 6.61 Å². The van der Waals surface area contributed by atoms with Crippen LogP contribution in [-0.4, -0.2) is 31.1 Å². The van der Waals surface area contributed by atoms with Crippen molar-refractivity contribution < 1.29 is 23.9 Å². The van der Waals surface area contributed by atoms with E-state index in [0.717, 1.165) is 15.7 Å². The third-order valence-corrected chi connectivity index (χ3v) is 2.83. The van der Waals surface area contributed by atoms with Gasteiger partial charge in [0, 0.05) is 21.4 Å². The molecule has 0 heterocycles. The number of carbonyl (C=O) groups is 3. The highest BCUT2D eigenvalue weighted by Crippen LogP contribution is 2.10. The van der Waals surface area contributed by atoms with Crippen LogP contribution in [0.15, 0.2) is 36.4 Å². The Labute approximate surface area is 135 Å². The monoisotopic (exact) mass is 403 g/mol. The van der Waals surface area contributed by atoms with Gasteiger partial charge in [-0.15, -0.1) is 0 Å². The van der Waals surface area contributed by atoms with Crippen LogP contribution in [0.25, 0.3) is 0 Å². The molecule has 1 rings (SSSR count). The predicted molar refractivity (Wildman–Crippen MR) is 84.5 cm³/mol. The second kappa shape index (κ2) is 9.11. The van der Waals surface area contributed by atoms with Gasteiger partial charge >= 0.3 is 11.9 Å². The first-order valence-corrected chi connectivity index (χ1v) is 7.16. The molecule has 0 saturated heterocycles. The van der Waals surface area contributed by atoms with Crippen LogP contribution in [-0.2, 0) is 23.9 Å². The zero-order valence-corrected chi connectivity index (χ0v) is 13.5. The second-order valence-electron chi connectivity index (χ2n) is 3.75. The van der Waals surface area contributed by atoms with Gasteiger partial charge in [-0.3, -0.25) is 4.79 Å². The Balaban J connectivity index is 2.34. The minimum Gasteiger partial charge on any atom is -0.463 e. The number of benzene rings is 1. The van der Waals surface area contributed by atoms with Crippen LogP contribution in [0.5, 0.6) is 0 Å². The van der Waals surface area contributed by atoms with Crippen molar-refractivity contribution in [3.63, 3.8) is 0 Å². The van der Waals surface area contributed by atoms with Crippen LogP contribution >= 0.6 is 22.6 Å². The first kappa shape index (κ1) is 17.2. The summed E-state index contributed by atoms with van der Waals surface area (Å²) in [5.41, 5.74) is 0.610. The molecule has 0 aliphatic rings. The van der Waals surface area contributed by atoms with Gasteiger partial charge in [-0.2, -0.15) is 0 Å². The number of rotatable bonds is 6. The molecule has 7 heteroatoms. The molecule has 0 spiro atoms. The van der Waals surface area contributed by atoms with Crippen LogP contribution in [0.2, 0.25) is 0 Å². The zero-order valence-electron chi connectivity index (χ0n) is 11.3. The van der Waals surface area contributed by atoms with Crippen molar-refractivity contribution in [3.05, 3.63) is 40.0 Å². The Morgan fingerprint density at radius 3 is 2.24 bits per heavy atom. The summed E-state index contributed by atoms with van der Waals surface area (Å²) in [7, 11) is 0. The summed E-state index contributed by atoms with van der Waals surface area (Å²) < 4.78 is 10.3. The van der Waals surface area contributed by atoms with Crippen LogP contribution < -0.4 is 5.32 Å². The molecule has 1 aromatic rings. The number of amides is 1. The first-order chi connectivity index (χ1) is 10.0. The SMILES string of the molecule is CCOC(=O)/C=C/C(=O)OCC(=O)Nc1ccc(I)cc1. The van der Waals surface area contributed by atoms with Crippen molar-refractivity contribution in [2.45, 2.75) is 6.92 Å². The maximum Gasteiger partial charge on any atom is 0.331 e. The Kier molecular flexibility index (Phi) is 7.44. The molecule has 112 valence electrons. The standard InChI is InChI=1S/C14H14INO5/c1-2-20-13(18)7-8-14(19)21-9-12(17)16-11-5-3-10(15)4-6-11/h3-8H,2,9H2,1H3,(H,16,17)/b8-7+. The summed E-state index contributed by atoms with van der Waals surface area (Å²) in [5, 5.41) is 2.57. The molecule has 0 unspecified atom stereocenters. The fourth-order valence-corrected chi connectivity index (χ4v) is 1.60. The van der Waals surface area contributed by atoms with E-state index in [1.54, 1.807) is 19.1 Å². The van der Waals surface area contributed by atoms with Gasteiger partial charge in [0.2, 0.25) is 0 Å². The molecule has 1 amide bonds. The Bertz CT molecular complexity index is 539. The fourth-order valence-electron chi connectivity index (χ4n) is 1.24. The zero-order chi connectivity index (χ0) is 15.7. The highest BCUT2D eigenvalue weighted by Gasteiger charge is 2.06. The van der Waals surface area contributed by atoms with Gasteiger partial charge in [0.1, 0.15) is 0 Å². The molecule has 1 N–H and O–H groups in total. The number of anilines is 1. The lowest BCUT2D eigenvalue weighted by molar-refractivity contribution is -0.143. The number of hydrogen-bond acceptors (Lipinski definition) is 5. The largest absolute Gasteiger partial charge is 0.463 e. The molecule has 6 nitrogen and oxygen atoms in total. The summed E-state index contributed by atoms with van der Waals surface area (Å²) in [4.78, 5) is 33.7. The van der Waals surface area contributed by atoms with Gasteiger partial charge in [0.25, 0.3) is 5.91 Å². The maximum atomic E-state index is 11.5. The van der Waals surface area contributed by atoms with E-state index in [4.69, 9.17) is 0 Å². The van der Waals surface area contributed by atoms with Crippen LogP contribution in [0.1, 0.15) is 6.92 Å². The molecule has 0 aliphatic carbocycles. The van der Waals surface area contributed by atoms with Gasteiger partial charge in [-0.1, -0.05) is 0 Å². The third-order valence-electron chi connectivity index (χ3n) is 2.12. The van der Waals surface area contributed by atoms with Gasteiger partial charge in [-0.05, 0) is 53.8 Å². The smallest absolute Gasteiger partial charge is 0.331 e. The Morgan fingerprint density at radius 2 is 1.67 bits per heavy atom. The van der Waals surface area contributed by atoms with Crippen LogP contribution in [0.3, 0.4) is 0 Å². The molecule has 1 aromatic carbocycles. The van der Waals surface area contributed by atoms with Crippen molar-refractivity contribution >= 4 is 46.1 Å². The van der Waals surface area contributed by atoms with Crippen LogP contribution in [0.4, 0.5) is 5.69 Å². The highest BCUT2D eigenvalue weighted by molar-refractivity contribution is 14.1. The van der Waals surface area contributed by atoms with Gasteiger partial charge in [0.05, 0.1) is 6.61 Å². The average molecular weight is 403 g/mol. The minimum absolute atomic E-state index is 0.219. The summed E-state index contributed by atoms with van der Waals surface area (Å²) in [6, 6.07) is 7.15. The maximum absolute atomic E-state index is 11.5. The van der Waals surface area contributed by atoms with E-state index in [1.165, 1.54) is 0 Å². The second-order valence-corrected chi connectivity index (χ2v) is 4.99. The van der Waals surface area contributed by atoms with E-state index in [0.29, 0.717) is 5.69 Å². The number of nitrogens with one attached hydrogen (secondary N) is 1. The predicted octanol–water partition coefficient (Wildman–Crippen LogP) is 1.89. The Hall–Kier alpha value is -1.90. The lowest BCUT2D eigenvalue weighted by Crippen LogP contribution is -2.20. The molecular formula is C14H14INO5. The lowest BCUT2D eigenvalue weighted by Gasteiger charge is -2.05. The van der Waals surface area contributed by atoms with Crippen molar-refractivity contribution in [3.8, 4) is 0 Å². The summed E-state index contributed by atoms with van der Waals surface area (Å²) in [6.07, 6.45) is 1.86.